The van der Waals surface area contributed by atoms with E-state index in [9.17, 15) is 9.59 Å². The normalized spacial score (nSPS) is 10.7. The van der Waals surface area contributed by atoms with Crippen molar-refractivity contribution < 1.29 is 19.4 Å². The molecule has 22 heavy (non-hydrogen) atoms. The Kier molecular flexibility index (Phi) is 8.22. The summed E-state index contributed by atoms with van der Waals surface area (Å²) in [6.07, 6.45) is 0.945. The monoisotopic (exact) mass is 307 g/mol. The first-order valence-electron chi connectivity index (χ1n) is 7.64. The van der Waals surface area contributed by atoms with Crippen LogP contribution in [0.15, 0.2) is 30.3 Å². The zero-order valence-electron chi connectivity index (χ0n) is 13.3. The SMILES string of the molecule is CC(C)OCCC(=O)N(CCCC(=O)O)Cc1ccccc1. The molecule has 0 heterocycles. The van der Waals surface area contributed by atoms with Crippen molar-refractivity contribution in [2.45, 2.75) is 45.8 Å². The lowest BCUT2D eigenvalue weighted by Gasteiger charge is -2.23. The van der Waals surface area contributed by atoms with Crippen molar-refractivity contribution in [1.29, 1.82) is 0 Å². The highest BCUT2D eigenvalue weighted by Gasteiger charge is 2.14. The topological polar surface area (TPSA) is 66.8 Å². The van der Waals surface area contributed by atoms with Crippen LogP contribution in [0.1, 0.15) is 38.7 Å². The summed E-state index contributed by atoms with van der Waals surface area (Å²) in [5.41, 5.74) is 1.04. The number of ether oxygens (including phenoxy) is 1. The summed E-state index contributed by atoms with van der Waals surface area (Å²) in [5, 5.41) is 8.73. The van der Waals surface area contributed by atoms with Crippen molar-refractivity contribution in [2.24, 2.45) is 0 Å². The van der Waals surface area contributed by atoms with Gasteiger partial charge in [-0.25, -0.2) is 0 Å². The highest BCUT2D eigenvalue weighted by Crippen LogP contribution is 2.08. The highest BCUT2D eigenvalue weighted by atomic mass is 16.5. The van der Waals surface area contributed by atoms with Gasteiger partial charge in [0, 0.05) is 19.5 Å². The molecule has 0 saturated carbocycles. The number of carbonyl (C=O) groups is 2. The van der Waals surface area contributed by atoms with Gasteiger partial charge in [-0.05, 0) is 25.8 Å². The second-order valence-electron chi connectivity index (χ2n) is 5.47. The number of hydrogen-bond acceptors (Lipinski definition) is 3. The Bertz CT molecular complexity index is 459. The maximum atomic E-state index is 12.3. The smallest absolute Gasteiger partial charge is 0.303 e. The minimum Gasteiger partial charge on any atom is -0.481 e. The molecule has 1 aromatic rings. The fourth-order valence-electron chi connectivity index (χ4n) is 2.06. The molecule has 0 aliphatic heterocycles. The van der Waals surface area contributed by atoms with Gasteiger partial charge in [-0.1, -0.05) is 30.3 Å². The molecule has 0 aliphatic rings. The molecule has 122 valence electrons. The molecule has 0 atom stereocenters. The fraction of sp³-hybridized carbons (Fsp3) is 0.529. The first-order valence-corrected chi connectivity index (χ1v) is 7.64. The van der Waals surface area contributed by atoms with Crippen LogP contribution in [-0.2, 0) is 20.9 Å². The molecule has 0 aromatic heterocycles. The molecule has 0 spiro atoms. The van der Waals surface area contributed by atoms with Crippen LogP contribution in [-0.4, -0.2) is 41.1 Å². The van der Waals surface area contributed by atoms with Gasteiger partial charge in [0.15, 0.2) is 0 Å². The number of rotatable bonds is 10. The number of carboxylic acids is 1. The van der Waals surface area contributed by atoms with E-state index < -0.39 is 5.97 Å². The predicted octanol–water partition coefficient (Wildman–Crippen LogP) is 2.70. The molecule has 5 nitrogen and oxygen atoms in total. The van der Waals surface area contributed by atoms with E-state index in [1.807, 2.05) is 44.2 Å². The quantitative estimate of drug-likeness (QED) is 0.721. The number of hydrogen-bond donors (Lipinski definition) is 1. The van der Waals surface area contributed by atoms with Gasteiger partial charge in [-0.2, -0.15) is 0 Å². The Labute approximate surface area is 131 Å². The van der Waals surface area contributed by atoms with Crippen molar-refractivity contribution in [2.75, 3.05) is 13.2 Å². The van der Waals surface area contributed by atoms with E-state index in [4.69, 9.17) is 9.84 Å². The minimum atomic E-state index is -0.838. The molecule has 0 saturated heterocycles. The first-order chi connectivity index (χ1) is 10.5. The molecular formula is C17H25NO4. The van der Waals surface area contributed by atoms with Crippen molar-refractivity contribution in [3.63, 3.8) is 0 Å². The van der Waals surface area contributed by atoms with E-state index in [0.717, 1.165) is 5.56 Å². The van der Waals surface area contributed by atoms with E-state index in [-0.39, 0.29) is 18.4 Å². The van der Waals surface area contributed by atoms with Gasteiger partial charge >= 0.3 is 5.97 Å². The second-order valence-corrected chi connectivity index (χ2v) is 5.47. The first kappa shape index (κ1) is 18.2. The number of nitrogens with zero attached hydrogens (tertiary/aromatic N) is 1. The van der Waals surface area contributed by atoms with Crippen molar-refractivity contribution in [3.05, 3.63) is 35.9 Å². The summed E-state index contributed by atoms with van der Waals surface area (Å²) in [6, 6.07) is 9.70. The third-order valence-corrected chi connectivity index (χ3v) is 3.15. The van der Waals surface area contributed by atoms with Crippen LogP contribution in [0.3, 0.4) is 0 Å². The summed E-state index contributed by atoms with van der Waals surface area (Å²) in [5.74, 6) is -0.842. The Morgan fingerprint density at radius 1 is 1.18 bits per heavy atom. The van der Waals surface area contributed by atoms with Gasteiger partial charge in [-0.15, -0.1) is 0 Å². The summed E-state index contributed by atoms with van der Waals surface area (Å²) < 4.78 is 5.41. The van der Waals surface area contributed by atoms with E-state index >= 15 is 0 Å². The number of amides is 1. The van der Waals surface area contributed by atoms with E-state index in [2.05, 4.69) is 0 Å². The minimum absolute atomic E-state index is 0.00473. The third kappa shape index (κ3) is 7.78. The van der Waals surface area contributed by atoms with Crippen LogP contribution < -0.4 is 0 Å². The molecule has 1 aromatic carbocycles. The average molecular weight is 307 g/mol. The van der Waals surface area contributed by atoms with Gasteiger partial charge in [0.05, 0.1) is 19.1 Å². The molecule has 1 amide bonds. The maximum absolute atomic E-state index is 12.3. The molecule has 1 N–H and O–H groups in total. The van der Waals surface area contributed by atoms with Crippen LogP contribution in [0.5, 0.6) is 0 Å². The lowest BCUT2D eigenvalue weighted by atomic mass is 10.2. The van der Waals surface area contributed by atoms with Crippen molar-refractivity contribution in [1.82, 2.24) is 4.90 Å². The Morgan fingerprint density at radius 3 is 2.45 bits per heavy atom. The van der Waals surface area contributed by atoms with Crippen LogP contribution >= 0.6 is 0 Å². The zero-order valence-corrected chi connectivity index (χ0v) is 13.3. The van der Waals surface area contributed by atoms with Crippen LogP contribution in [0.4, 0.5) is 0 Å². The second kappa shape index (κ2) is 9.95. The van der Waals surface area contributed by atoms with Gasteiger partial charge in [0.1, 0.15) is 0 Å². The molecule has 1 rings (SSSR count). The van der Waals surface area contributed by atoms with E-state index in [1.54, 1.807) is 4.90 Å². The predicted molar refractivity (Wildman–Crippen MR) is 84.4 cm³/mol. The summed E-state index contributed by atoms with van der Waals surface area (Å²) in [6.45, 7) is 5.20. The molecular weight excluding hydrogens is 282 g/mol. The lowest BCUT2D eigenvalue weighted by molar-refractivity contribution is -0.138. The number of carbonyl (C=O) groups excluding carboxylic acids is 1. The standard InChI is InChI=1S/C17H25NO4/c1-14(2)22-12-10-16(19)18(11-6-9-17(20)21)13-15-7-4-3-5-8-15/h3-5,7-8,14H,6,9-13H2,1-2H3,(H,20,21). The Morgan fingerprint density at radius 2 is 1.86 bits per heavy atom. The Balaban J connectivity index is 2.56. The molecule has 0 bridgehead atoms. The number of carboxylic acid groups (broad SMARTS) is 1. The van der Waals surface area contributed by atoms with Crippen LogP contribution in [0.2, 0.25) is 0 Å². The average Bonchev–Trinajstić information content (AvgIpc) is 2.46. The fourth-order valence-corrected chi connectivity index (χ4v) is 2.06. The van der Waals surface area contributed by atoms with Crippen LogP contribution in [0.25, 0.3) is 0 Å². The molecule has 0 aliphatic carbocycles. The molecule has 0 unspecified atom stereocenters. The molecule has 0 radical (unpaired) electrons. The number of benzene rings is 1. The van der Waals surface area contributed by atoms with E-state index in [1.165, 1.54) is 0 Å². The summed E-state index contributed by atoms with van der Waals surface area (Å²) >= 11 is 0. The largest absolute Gasteiger partial charge is 0.481 e. The zero-order chi connectivity index (χ0) is 16.4. The maximum Gasteiger partial charge on any atom is 0.303 e. The number of aliphatic carboxylic acids is 1. The van der Waals surface area contributed by atoms with Gasteiger partial charge in [0.2, 0.25) is 5.91 Å². The van der Waals surface area contributed by atoms with Crippen LogP contribution in [0, 0.1) is 0 Å². The van der Waals surface area contributed by atoms with Gasteiger partial charge < -0.3 is 14.7 Å². The summed E-state index contributed by atoms with van der Waals surface area (Å²) in [4.78, 5) is 24.6. The van der Waals surface area contributed by atoms with Gasteiger partial charge in [0.25, 0.3) is 0 Å². The lowest BCUT2D eigenvalue weighted by Crippen LogP contribution is -2.32. The summed E-state index contributed by atoms with van der Waals surface area (Å²) in [7, 11) is 0. The van der Waals surface area contributed by atoms with Gasteiger partial charge in [-0.3, -0.25) is 9.59 Å². The van der Waals surface area contributed by atoms with Crippen molar-refractivity contribution in [3.8, 4) is 0 Å². The molecule has 0 fully saturated rings. The Hall–Kier alpha value is -1.88. The van der Waals surface area contributed by atoms with Crippen molar-refractivity contribution >= 4 is 11.9 Å². The third-order valence-electron chi connectivity index (χ3n) is 3.15. The highest BCUT2D eigenvalue weighted by molar-refractivity contribution is 5.76. The molecule has 5 heteroatoms. The van der Waals surface area contributed by atoms with E-state index in [0.29, 0.717) is 32.5 Å².